The molecule has 4 rings (SSSR count). The van der Waals surface area contributed by atoms with Gasteiger partial charge in [-0.05, 0) is 48.5 Å². The van der Waals surface area contributed by atoms with Crippen molar-refractivity contribution < 1.29 is 13.9 Å². The number of aromatic nitrogens is 4. The molecule has 0 fully saturated rings. The van der Waals surface area contributed by atoms with Gasteiger partial charge in [0.2, 0.25) is 0 Å². The van der Waals surface area contributed by atoms with E-state index in [0.717, 1.165) is 0 Å². The van der Waals surface area contributed by atoms with E-state index in [2.05, 4.69) is 20.4 Å². The van der Waals surface area contributed by atoms with Crippen molar-refractivity contribution >= 4 is 17.4 Å². The van der Waals surface area contributed by atoms with Crippen LogP contribution in [0.1, 0.15) is 16.1 Å². The maximum absolute atomic E-state index is 12.9. The van der Waals surface area contributed by atoms with Crippen LogP contribution in [0.25, 0.3) is 5.78 Å². The Morgan fingerprint density at radius 1 is 1.14 bits per heavy atom. The molecule has 9 heteroatoms. The summed E-state index contributed by atoms with van der Waals surface area (Å²) in [4.78, 5) is 32.2. The van der Waals surface area contributed by atoms with Gasteiger partial charge in [0.1, 0.15) is 24.5 Å². The smallest absolute Gasteiger partial charge is 0.274 e. The molecule has 0 atom stereocenters. The Kier molecular flexibility index (Phi) is 4.55. The second kappa shape index (κ2) is 7.31. The average Bonchev–Trinajstić information content (AvgIpc) is 3.17. The molecule has 2 aromatic carbocycles. The molecule has 0 aliphatic heterocycles. The lowest BCUT2D eigenvalue weighted by molar-refractivity contribution is 0.102. The number of fused-ring (bicyclic) bond motifs is 1. The zero-order chi connectivity index (χ0) is 19.5. The summed E-state index contributed by atoms with van der Waals surface area (Å²) in [6, 6.07) is 13.4. The van der Waals surface area contributed by atoms with Crippen LogP contribution in [-0.2, 0) is 6.61 Å². The number of aromatic amines is 1. The molecule has 2 heterocycles. The lowest BCUT2D eigenvalue weighted by atomic mass is 10.2. The third kappa shape index (κ3) is 3.73. The number of amides is 1. The molecule has 140 valence electrons. The molecule has 2 N–H and O–H groups in total. The van der Waals surface area contributed by atoms with Gasteiger partial charge in [-0.25, -0.2) is 14.4 Å². The fourth-order valence-electron chi connectivity index (χ4n) is 2.54. The fraction of sp³-hybridized carbons (Fsp3) is 0.0526. The minimum atomic E-state index is -0.401. The number of halogens is 1. The summed E-state index contributed by atoms with van der Waals surface area (Å²) < 4.78 is 19.8. The monoisotopic (exact) mass is 379 g/mol. The topological polar surface area (TPSA) is 101 Å². The number of hydrogen-bond donors (Lipinski definition) is 2. The lowest BCUT2D eigenvalue weighted by Crippen LogP contribution is -2.16. The highest BCUT2D eigenvalue weighted by molar-refractivity contribution is 6.04. The van der Waals surface area contributed by atoms with Gasteiger partial charge in [-0.15, -0.1) is 0 Å². The number of H-pyrrole nitrogens is 1. The average molecular weight is 379 g/mol. The summed E-state index contributed by atoms with van der Waals surface area (Å²) >= 11 is 0. The van der Waals surface area contributed by atoms with Gasteiger partial charge in [-0.3, -0.25) is 14.7 Å². The quantitative estimate of drug-likeness (QED) is 0.554. The Hall–Kier alpha value is -4.01. The van der Waals surface area contributed by atoms with Crippen LogP contribution in [0.15, 0.2) is 65.7 Å². The molecule has 4 aromatic rings. The molecule has 0 saturated heterocycles. The van der Waals surface area contributed by atoms with Crippen LogP contribution in [0.3, 0.4) is 0 Å². The molecule has 2 aromatic heterocycles. The van der Waals surface area contributed by atoms with Gasteiger partial charge in [0.15, 0.2) is 0 Å². The lowest BCUT2D eigenvalue weighted by Gasteiger charge is -2.08. The van der Waals surface area contributed by atoms with E-state index in [1.807, 2.05) is 0 Å². The highest BCUT2D eigenvalue weighted by Crippen LogP contribution is 2.17. The summed E-state index contributed by atoms with van der Waals surface area (Å²) in [6.07, 6.45) is 1.38. The number of rotatable bonds is 5. The highest BCUT2D eigenvalue weighted by atomic mass is 19.1. The number of carbonyl (C=O) groups is 1. The van der Waals surface area contributed by atoms with Crippen molar-refractivity contribution in [2.24, 2.45) is 0 Å². The number of nitrogens with zero attached hydrogens (tertiary/aromatic N) is 3. The summed E-state index contributed by atoms with van der Waals surface area (Å²) in [6.45, 7) is 0.0971. The van der Waals surface area contributed by atoms with E-state index in [9.17, 15) is 14.0 Å². The van der Waals surface area contributed by atoms with Gasteiger partial charge in [-0.2, -0.15) is 4.52 Å². The standard InChI is InChI=1S/C19H14FN5O3/c20-13-3-1-12(2-4-13)18(27)23-14-5-7-16(8-6-14)28-10-15-9-17(26)25-19(24-15)21-11-22-25/h1-9,11H,10H2,(H,23,27)(H,21,22,24). The minimum Gasteiger partial charge on any atom is -0.487 e. The Labute approximate surface area is 157 Å². The molecule has 28 heavy (non-hydrogen) atoms. The zero-order valence-corrected chi connectivity index (χ0v) is 14.4. The second-order valence-corrected chi connectivity index (χ2v) is 5.88. The van der Waals surface area contributed by atoms with Crippen molar-refractivity contribution in [1.29, 1.82) is 0 Å². The minimum absolute atomic E-state index is 0.0971. The van der Waals surface area contributed by atoms with Crippen LogP contribution < -0.4 is 15.6 Å². The second-order valence-electron chi connectivity index (χ2n) is 5.88. The van der Waals surface area contributed by atoms with Gasteiger partial charge in [0, 0.05) is 17.3 Å². The van der Waals surface area contributed by atoms with Crippen molar-refractivity contribution in [2.45, 2.75) is 6.61 Å². The van der Waals surface area contributed by atoms with Crippen LogP contribution in [0.2, 0.25) is 0 Å². The fourth-order valence-corrected chi connectivity index (χ4v) is 2.54. The number of carbonyl (C=O) groups excluding carboxylic acids is 1. The normalized spacial score (nSPS) is 10.8. The summed E-state index contributed by atoms with van der Waals surface area (Å²) in [5, 5.41) is 5.38. The Morgan fingerprint density at radius 2 is 1.89 bits per heavy atom. The van der Waals surface area contributed by atoms with Crippen molar-refractivity contribution in [3.05, 3.63) is 88.4 Å². The molecular weight excluding hydrogens is 365 g/mol. The van der Waals surface area contributed by atoms with E-state index >= 15 is 0 Å². The Balaban J connectivity index is 1.39. The Bertz CT molecular complexity index is 1180. The molecule has 0 unspecified atom stereocenters. The van der Waals surface area contributed by atoms with E-state index in [1.54, 1.807) is 24.3 Å². The molecule has 0 saturated carbocycles. The Morgan fingerprint density at radius 3 is 2.64 bits per heavy atom. The summed E-state index contributed by atoms with van der Waals surface area (Å²) in [5.74, 6) is 0.0704. The first-order chi connectivity index (χ1) is 13.6. The number of nitrogens with one attached hydrogen (secondary N) is 2. The van der Waals surface area contributed by atoms with E-state index < -0.39 is 5.82 Å². The molecule has 8 nitrogen and oxygen atoms in total. The first kappa shape index (κ1) is 17.4. The van der Waals surface area contributed by atoms with Gasteiger partial charge >= 0.3 is 0 Å². The third-order valence-corrected chi connectivity index (χ3v) is 3.93. The molecule has 0 aliphatic carbocycles. The first-order valence-corrected chi connectivity index (χ1v) is 8.30. The number of hydrogen-bond acceptors (Lipinski definition) is 5. The maximum Gasteiger partial charge on any atom is 0.274 e. The number of benzene rings is 2. The van der Waals surface area contributed by atoms with Crippen molar-refractivity contribution in [1.82, 2.24) is 19.6 Å². The predicted octanol–water partition coefficient (Wildman–Crippen LogP) is 2.39. The van der Waals surface area contributed by atoms with E-state index in [4.69, 9.17) is 4.74 Å². The van der Waals surface area contributed by atoms with E-state index in [1.165, 1.54) is 41.2 Å². The predicted molar refractivity (Wildman–Crippen MR) is 98.7 cm³/mol. The van der Waals surface area contributed by atoms with E-state index in [-0.39, 0.29) is 23.9 Å². The SMILES string of the molecule is O=C(Nc1ccc(OCc2cc(=O)n3[nH]cnc3n2)cc1)c1ccc(F)cc1. The molecular formula is C19H14FN5O3. The largest absolute Gasteiger partial charge is 0.487 e. The van der Waals surface area contributed by atoms with Crippen molar-refractivity contribution in [2.75, 3.05) is 5.32 Å². The van der Waals surface area contributed by atoms with Gasteiger partial charge in [0.25, 0.3) is 17.2 Å². The van der Waals surface area contributed by atoms with Crippen LogP contribution in [0.5, 0.6) is 5.75 Å². The molecule has 0 bridgehead atoms. The molecule has 0 spiro atoms. The zero-order valence-electron chi connectivity index (χ0n) is 14.4. The van der Waals surface area contributed by atoms with Crippen LogP contribution in [0, 0.1) is 5.82 Å². The number of anilines is 1. The molecule has 0 radical (unpaired) electrons. The van der Waals surface area contributed by atoms with Crippen LogP contribution in [0.4, 0.5) is 10.1 Å². The van der Waals surface area contributed by atoms with Crippen LogP contribution in [-0.4, -0.2) is 25.5 Å². The maximum atomic E-state index is 12.9. The van der Waals surface area contributed by atoms with Gasteiger partial charge in [-0.1, -0.05) is 0 Å². The molecule has 1 amide bonds. The summed E-state index contributed by atoms with van der Waals surface area (Å²) in [7, 11) is 0. The first-order valence-electron chi connectivity index (χ1n) is 8.30. The number of ether oxygens (including phenoxy) is 1. The third-order valence-electron chi connectivity index (χ3n) is 3.93. The van der Waals surface area contributed by atoms with Gasteiger partial charge in [0.05, 0.1) is 5.69 Å². The van der Waals surface area contributed by atoms with E-state index in [0.29, 0.717) is 22.7 Å². The van der Waals surface area contributed by atoms with Crippen molar-refractivity contribution in [3.8, 4) is 5.75 Å². The highest BCUT2D eigenvalue weighted by Gasteiger charge is 2.07. The van der Waals surface area contributed by atoms with Crippen LogP contribution >= 0.6 is 0 Å². The van der Waals surface area contributed by atoms with Gasteiger partial charge < -0.3 is 10.1 Å². The van der Waals surface area contributed by atoms with Crippen molar-refractivity contribution in [3.63, 3.8) is 0 Å². The summed E-state index contributed by atoms with van der Waals surface area (Å²) in [5.41, 5.74) is 1.09. The molecule has 0 aliphatic rings.